The molecule has 0 bridgehead atoms. The molecule has 0 N–H and O–H groups in total. The molecule has 0 aromatic heterocycles. The van der Waals surface area contributed by atoms with Crippen LogP contribution in [0.15, 0.2) is 60.7 Å². The monoisotopic (exact) mass is 596 g/mol. The summed E-state index contributed by atoms with van der Waals surface area (Å²) in [6.07, 6.45) is 18.8. The Hall–Kier alpha value is -4.20. The minimum Gasteiger partial charge on any atom is -0.454 e. The number of hydrogen-bond acceptors (Lipinski definition) is 6. The van der Waals surface area contributed by atoms with Crippen molar-refractivity contribution in [2.24, 2.45) is 23.7 Å². The zero-order valence-electron chi connectivity index (χ0n) is 25.1. The Labute approximate surface area is 258 Å². The van der Waals surface area contributed by atoms with E-state index in [0.29, 0.717) is 0 Å². The third-order valence-electron chi connectivity index (χ3n) is 9.61. The number of piperidine rings is 2. The molecule has 8 nitrogen and oxygen atoms in total. The Morgan fingerprint density at radius 1 is 0.591 bits per heavy atom. The number of likely N-dealkylation sites (tertiary alicyclic amines) is 2. The summed E-state index contributed by atoms with van der Waals surface area (Å²) in [5.41, 5.74) is 2.00. The van der Waals surface area contributed by atoms with Gasteiger partial charge in [-0.15, -0.1) is 0 Å². The number of hydrogen-bond donors (Lipinski definition) is 0. The van der Waals surface area contributed by atoms with Crippen molar-refractivity contribution in [3.05, 3.63) is 71.8 Å². The second-order valence-corrected chi connectivity index (χ2v) is 12.3. The van der Waals surface area contributed by atoms with Gasteiger partial charge in [-0.25, -0.2) is 0 Å². The minimum absolute atomic E-state index is 0.0279. The highest BCUT2D eigenvalue weighted by Gasteiger charge is 2.51. The van der Waals surface area contributed by atoms with Crippen molar-refractivity contribution < 1.29 is 28.5 Å². The fourth-order valence-electron chi connectivity index (χ4n) is 7.14. The van der Waals surface area contributed by atoms with Crippen LogP contribution in [0.2, 0.25) is 0 Å². The maximum Gasteiger partial charge on any atom is 0.246 e. The van der Waals surface area contributed by atoms with Gasteiger partial charge in [0.05, 0.1) is 5.92 Å². The molecule has 2 aromatic carbocycles. The quantitative estimate of drug-likeness (QED) is 0.369. The Morgan fingerprint density at radius 3 is 1.68 bits per heavy atom. The number of fused-ring (bicyclic) bond motifs is 2. The molecule has 44 heavy (non-hydrogen) atoms. The summed E-state index contributed by atoms with van der Waals surface area (Å²) in [7, 11) is 0. The molecule has 8 heteroatoms. The van der Waals surface area contributed by atoms with Gasteiger partial charge in [0.15, 0.2) is 23.0 Å². The highest BCUT2D eigenvalue weighted by atomic mass is 16.7. The smallest absolute Gasteiger partial charge is 0.246 e. The van der Waals surface area contributed by atoms with E-state index in [0.717, 1.165) is 92.4 Å². The third-order valence-corrected chi connectivity index (χ3v) is 9.61. The predicted octanol–water partition coefficient (Wildman–Crippen LogP) is 5.93. The van der Waals surface area contributed by atoms with Gasteiger partial charge in [-0.3, -0.25) is 9.59 Å². The molecule has 4 aliphatic heterocycles. The van der Waals surface area contributed by atoms with Crippen LogP contribution in [0.25, 0.3) is 12.2 Å². The second-order valence-electron chi connectivity index (χ2n) is 12.3. The van der Waals surface area contributed by atoms with Crippen molar-refractivity contribution in [2.45, 2.75) is 38.5 Å². The first-order valence-electron chi connectivity index (χ1n) is 16.1. The van der Waals surface area contributed by atoms with E-state index in [1.807, 2.05) is 52.3 Å². The third kappa shape index (κ3) is 5.94. The van der Waals surface area contributed by atoms with Gasteiger partial charge in [0.2, 0.25) is 25.4 Å². The first-order valence-corrected chi connectivity index (χ1v) is 16.1. The number of allylic oxidation sites excluding steroid dienone is 3. The molecule has 2 amide bonds. The number of ether oxygens (including phenoxy) is 4. The number of benzene rings is 2. The van der Waals surface area contributed by atoms with Crippen LogP contribution in [0.5, 0.6) is 23.0 Å². The average Bonchev–Trinajstić information content (AvgIpc) is 3.74. The summed E-state index contributed by atoms with van der Waals surface area (Å²) in [6, 6.07) is 11.8. The van der Waals surface area contributed by atoms with Crippen LogP contribution in [0.3, 0.4) is 0 Å². The molecule has 5 aliphatic rings. The van der Waals surface area contributed by atoms with Crippen LogP contribution in [0, 0.1) is 23.7 Å². The van der Waals surface area contributed by atoms with Crippen LogP contribution >= 0.6 is 0 Å². The van der Waals surface area contributed by atoms with E-state index >= 15 is 0 Å². The first kappa shape index (κ1) is 28.6. The van der Waals surface area contributed by atoms with E-state index in [1.165, 1.54) is 6.42 Å². The van der Waals surface area contributed by atoms with Gasteiger partial charge >= 0.3 is 0 Å². The van der Waals surface area contributed by atoms with Crippen LogP contribution in [-0.2, 0) is 9.59 Å². The van der Waals surface area contributed by atoms with Crippen molar-refractivity contribution in [1.82, 2.24) is 9.80 Å². The van der Waals surface area contributed by atoms with Crippen molar-refractivity contribution in [3.63, 3.8) is 0 Å². The predicted molar refractivity (Wildman–Crippen MR) is 167 cm³/mol. The summed E-state index contributed by atoms with van der Waals surface area (Å²) in [4.78, 5) is 31.3. The zero-order chi connectivity index (χ0) is 29.9. The molecule has 0 spiro atoms. The number of rotatable bonds is 7. The maximum atomic E-state index is 14.1. The van der Waals surface area contributed by atoms with Gasteiger partial charge in [0.25, 0.3) is 0 Å². The molecule has 2 aromatic rings. The molecular weight excluding hydrogens is 556 g/mol. The number of carbonyl (C=O) groups is 2. The van der Waals surface area contributed by atoms with Gasteiger partial charge in [-0.2, -0.15) is 0 Å². The Kier molecular flexibility index (Phi) is 8.31. The summed E-state index contributed by atoms with van der Waals surface area (Å²) in [6.45, 7) is 3.67. The van der Waals surface area contributed by atoms with E-state index < -0.39 is 0 Å². The lowest BCUT2D eigenvalue weighted by Crippen LogP contribution is -2.54. The van der Waals surface area contributed by atoms with Crippen LogP contribution in [0.1, 0.15) is 49.7 Å². The number of amides is 2. The lowest BCUT2D eigenvalue weighted by atomic mass is 9.55. The topological polar surface area (TPSA) is 77.5 Å². The fraction of sp³-hybridized carbons (Fsp3) is 0.444. The maximum absolute atomic E-state index is 14.1. The molecule has 4 heterocycles. The molecule has 0 radical (unpaired) electrons. The molecule has 1 saturated carbocycles. The molecule has 0 unspecified atom stereocenters. The van der Waals surface area contributed by atoms with Crippen LogP contribution in [-0.4, -0.2) is 61.4 Å². The van der Waals surface area contributed by atoms with Gasteiger partial charge < -0.3 is 28.7 Å². The molecule has 2 saturated heterocycles. The van der Waals surface area contributed by atoms with Gasteiger partial charge in [0.1, 0.15) is 0 Å². The van der Waals surface area contributed by atoms with E-state index in [2.05, 4.69) is 24.3 Å². The van der Waals surface area contributed by atoms with E-state index in [4.69, 9.17) is 18.9 Å². The SMILES string of the molecule is O=C(C=C[C@H]1[C@H](C=Cc2ccc3c(c2)OCO3)[C@H](C=Cc2ccc3c(c2)OCO3)[C@@H]1C(=O)N1CCCCC1)N1CCCCC1. The lowest BCUT2D eigenvalue weighted by Gasteiger charge is -2.50. The zero-order valence-corrected chi connectivity index (χ0v) is 25.1. The number of carbonyl (C=O) groups excluding carboxylic acids is 2. The largest absolute Gasteiger partial charge is 0.454 e. The summed E-state index contributed by atoms with van der Waals surface area (Å²) >= 11 is 0. The molecule has 230 valence electrons. The highest BCUT2D eigenvalue weighted by molar-refractivity contribution is 5.88. The van der Waals surface area contributed by atoms with Crippen molar-refractivity contribution in [3.8, 4) is 23.0 Å². The number of nitrogens with zero attached hydrogens (tertiary/aromatic N) is 2. The van der Waals surface area contributed by atoms with Crippen molar-refractivity contribution in [1.29, 1.82) is 0 Å². The minimum atomic E-state index is -0.241. The molecule has 7 rings (SSSR count). The molecular formula is C36H40N2O6. The summed E-state index contributed by atoms with van der Waals surface area (Å²) in [5.74, 6) is 2.89. The van der Waals surface area contributed by atoms with Crippen LogP contribution < -0.4 is 18.9 Å². The second kappa shape index (κ2) is 12.8. The van der Waals surface area contributed by atoms with Crippen molar-refractivity contribution in [2.75, 3.05) is 39.8 Å². The van der Waals surface area contributed by atoms with Crippen molar-refractivity contribution >= 4 is 24.0 Å². The summed E-state index contributed by atoms with van der Waals surface area (Å²) in [5, 5.41) is 0. The first-order chi connectivity index (χ1) is 21.6. The van der Waals surface area contributed by atoms with Crippen LogP contribution in [0.4, 0.5) is 0 Å². The Morgan fingerprint density at radius 2 is 1.09 bits per heavy atom. The lowest BCUT2D eigenvalue weighted by molar-refractivity contribution is -0.146. The van der Waals surface area contributed by atoms with Gasteiger partial charge in [-0.05, 0) is 97.7 Å². The van der Waals surface area contributed by atoms with Gasteiger partial charge in [0, 0.05) is 26.2 Å². The fourth-order valence-corrected chi connectivity index (χ4v) is 7.14. The highest BCUT2D eigenvalue weighted by Crippen LogP contribution is 2.50. The average molecular weight is 597 g/mol. The molecule has 4 atom stereocenters. The molecule has 1 aliphatic carbocycles. The van der Waals surface area contributed by atoms with E-state index in [1.54, 1.807) is 6.08 Å². The van der Waals surface area contributed by atoms with E-state index in [9.17, 15) is 9.59 Å². The Balaban J connectivity index is 1.19. The normalized spacial score (nSPS) is 26.1. The van der Waals surface area contributed by atoms with Gasteiger partial charge in [-0.1, -0.05) is 42.5 Å². The molecule has 3 fully saturated rings. The standard InChI is InChI=1S/C36H40N2O6/c39-34(37-17-3-1-4-18-37)16-13-29-27(11-7-25-9-14-30-32(21-25)43-23-41-30)28(35(29)36(40)38-19-5-2-6-20-38)12-8-26-10-15-31-33(22-26)44-24-42-31/h7-16,21-22,27-29,35H,1-6,17-20,23-24H2/t27-,28+,29+,35+/m1/s1. The van der Waals surface area contributed by atoms with E-state index in [-0.39, 0.29) is 49.1 Å². The Bertz CT molecular complexity index is 1470. The summed E-state index contributed by atoms with van der Waals surface area (Å²) < 4.78 is 22.2.